The lowest BCUT2D eigenvalue weighted by atomic mass is 9.99. The van der Waals surface area contributed by atoms with Gasteiger partial charge in [0.1, 0.15) is 5.60 Å². The van der Waals surface area contributed by atoms with Crippen LogP contribution in [0.4, 0.5) is 4.79 Å². The maximum atomic E-state index is 12.0. The number of rotatable bonds is 10. The van der Waals surface area contributed by atoms with Gasteiger partial charge >= 0.3 is 12.1 Å². The molecule has 0 aliphatic carbocycles. The number of carboxylic acid groups (broad SMARTS) is 1. The molecule has 1 N–H and O–H groups in total. The molecule has 2 unspecified atom stereocenters. The summed E-state index contributed by atoms with van der Waals surface area (Å²) < 4.78 is 10.1. The molecule has 1 aromatic carbocycles. The maximum absolute atomic E-state index is 12.0. The lowest BCUT2D eigenvalue weighted by molar-refractivity contribution is -0.419. The van der Waals surface area contributed by atoms with E-state index >= 15 is 0 Å². The van der Waals surface area contributed by atoms with Gasteiger partial charge in [0.15, 0.2) is 6.10 Å². The Morgan fingerprint density at radius 3 is 2.22 bits per heavy atom. The zero-order valence-corrected chi connectivity index (χ0v) is 16.5. The van der Waals surface area contributed by atoms with Crippen LogP contribution in [0.5, 0.6) is 0 Å². The summed E-state index contributed by atoms with van der Waals surface area (Å²) >= 11 is 0. The molecule has 0 spiro atoms. The van der Waals surface area contributed by atoms with Gasteiger partial charge in [0.25, 0.3) is 5.79 Å². The van der Waals surface area contributed by atoms with E-state index in [1.165, 1.54) is 13.8 Å². The van der Waals surface area contributed by atoms with Gasteiger partial charge in [-0.1, -0.05) is 50.3 Å². The minimum absolute atomic E-state index is 0.107. The number of esters is 1. The third-order valence-corrected chi connectivity index (χ3v) is 3.91. The highest BCUT2D eigenvalue weighted by Crippen LogP contribution is 2.30. The Morgan fingerprint density at radius 1 is 1.15 bits per heavy atom. The Kier molecular flexibility index (Phi) is 7.99. The fourth-order valence-electron chi connectivity index (χ4n) is 2.32. The van der Waals surface area contributed by atoms with Gasteiger partial charge in [0.05, 0.1) is 0 Å². The zero-order valence-electron chi connectivity index (χ0n) is 16.5. The molecule has 27 heavy (non-hydrogen) atoms. The third kappa shape index (κ3) is 6.69. The Hall–Kier alpha value is -2.38. The summed E-state index contributed by atoms with van der Waals surface area (Å²) in [5.74, 6) is -2.68. The molecular formula is C20H28O7. The molecule has 0 aliphatic rings. The van der Waals surface area contributed by atoms with E-state index < -0.39 is 29.6 Å². The van der Waals surface area contributed by atoms with Crippen molar-refractivity contribution in [3.8, 4) is 0 Å². The summed E-state index contributed by atoms with van der Waals surface area (Å²) in [5, 5.41) is 9.09. The van der Waals surface area contributed by atoms with E-state index in [0.717, 1.165) is 5.56 Å². The van der Waals surface area contributed by atoms with E-state index in [1.807, 2.05) is 37.3 Å². The van der Waals surface area contributed by atoms with Crippen molar-refractivity contribution < 1.29 is 33.9 Å². The quantitative estimate of drug-likeness (QED) is 0.209. The zero-order chi connectivity index (χ0) is 20.7. The maximum Gasteiger partial charge on any atom is 0.509 e. The standard InChI is InChI=1S/C20H28O7/c1-7-11-16(20(6,25-18(22)23)24-17(21)14(2)3)26-27-19(4,5)15-12-9-8-10-13-15/h8-10,12-13,16H,2,7,11H2,1,3-6H3,(H,22,23). The van der Waals surface area contributed by atoms with Crippen LogP contribution in [0, 0.1) is 0 Å². The number of hydrogen-bond acceptors (Lipinski definition) is 6. The molecule has 150 valence electrons. The second-order valence-corrected chi connectivity index (χ2v) is 6.89. The molecule has 1 rings (SSSR count). The number of ether oxygens (including phenoxy) is 2. The van der Waals surface area contributed by atoms with Crippen LogP contribution in [0.1, 0.15) is 53.0 Å². The molecule has 7 nitrogen and oxygen atoms in total. The van der Waals surface area contributed by atoms with Gasteiger partial charge in [-0.25, -0.2) is 19.4 Å². The largest absolute Gasteiger partial charge is 0.509 e. The normalized spacial score (nSPS) is 14.7. The van der Waals surface area contributed by atoms with Crippen LogP contribution in [0.25, 0.3) is 0 Å². The summed E-state index contributed by atoms with van der Waals surface area (Å²) in [6, 6.07) is 9.39. The number of carbonyl (C=O) groups excluding carboxylic acids is 1. The fraction of sp³-hybridized carbons (Fsp3) is 0.500. The highest BCUT2D eigenvalue weighted by atomic mass is 17.2. The van der Waals surface area contributed by atoms with E-state index in [0.29, 0.717) is 12.8 Å². The molecule has 0 amide bonds. The Bertz CT molecular complexity index is 654. The predicted molar refractivity (Wildman–Crippen MR) is 98.8 cm³/mol. The third-order valence-electron chi connectivity index (χ3n) is 3.91. The summed E-state index contributed by atoms with van der Waals surface area (Å²) in [6.45, 7) is 11.8. The Labute approximate surface area is 159 Å². The van der Waals surface area contributed by atoms with Gasteiger partial charge in [-0.3, -0.25) is 0 Å². The van der Waals surface area contributed by atoms with Crippen LogP contribution in [0.15, 0.2) is 42.5 Å². The van der Waals surface area contributed by atoms with Crippen molar-refractivity contribution in [3.63, 3.8) is 0 Å². The van der Waals surface area contributed by atoms with Crippen LogP contribution in [-0.4, -0.2) is 29.1 Å². The van der Waals surface area contributed by atoms with Crippen LogP contribution < -0.4 is 0 Å². The molecule has 0 bridgehead atoms. The molecule has 0 radical (unpaired) electrons. The second kappa shape index (κ2) is 9.53. The topological polar surface area (TPSA) is 91.3 Å². The van der Waals surface area contributed by atoms with E-state index in [4.69, 9.17) is 24.4 Å². The van der Waals surface area contributed by atoms with Crippen LogP contribution >= 0.6 is 0 Å². The first-order chi connectivity index (χ1) is 12.5. The second-order valence-electron chi connectivity index (χ2n) is 6.89. The van der Waals surface area contributed by atoms with Crippen molar-refractivity contribution in [2.75, 3.05) is 0 Å². The Morgan fingerprint density at radius 2 is 1.74 bits per heavy atom. The van der Waals surface area contributed by atoms with Crippen molar-refractivity contribution in [2.45, 2.75) is 65.0 Å². The monoisotopic (exact) mass is 380 g/mol. The fourth-order valence-corrected chi connectivity index (χ4v) is 2.32. The SMILES string of the molecule is C=C(C)C(=O)OC(C)(OC(=O)O)C(CCC)OOC(C)(C)c1ccccc1. The molecule has 2 atom stereocenters. The number of carbonyl (C=O) groups is 2. The van der Waals surface area contributed by atoms with Gasteiger partial charge in [-0.15, -0.1) is 0 Å². The average molecular weight is 380 g/mol. The highest BCUT2D eigenvalue weighted by Gasteiger charge is 2.45. The average Bonchev–Trinajstić information content (AvgIpc) is 2.58. The van der Waals surface area contributed by atoms with E-state index in [2.05, 4.69) is 6.58 Å². The smallest absolute Gasteiger partial charge is 0.450 e. The lowest BCUT2D eigenvalue weighted by Crippen LogP contribution is -2.49. The molecule has 0 fully saturated rings. The number of hydrogen-bond donors (Lipinski definition) is 1. The summed E-state index contributed by atoms with van der Waals surface area (Å²) in [6.07, 6.45) is -1.63. The van der Waals surface area contributed by atoms with Crippen molar-refractivity contribution in [1.29, 1.82) is 0 Å². The molecule has 0 heterocycles. The molecule has 1 aromatic rings. The van der Waals surface area contributed by atoms with Crippen LogP contribution in [0.2, 0.25) is 0 Å². The van der Waals surface area contributed by atoms with Gasteiger partial charge in [0.2, 0.25) is 0 Å². The van der Waals surface area contributed by atoms with Crippen molar-refractivity contribution >= 4 is 12.1 Å². The van der Waals surface area contributed by atoms with E-state index in [-0.39, 0.29) is 5.57 Å². The van der Waals surface area contributed by atoms with Gasteiger partial charge in [-0.05, 0) is 32.8 Å². The first-order valence-corrected chi connectivity index (χ1v) is 8.72. The Balaban J connectivity index is 3.04. The van der Waals surface area contributed by atoms with E-state index in [1.54, 1.807) is 13.8 Å². The van der Waals surface area contributed by atoms with Crippen molar-refractivity contribution in [3.05, 3.63) is 48.0 Å². The molecule has 0 aromatic heterocycles. The van der Waals surface area contributed by atoms with Crippen molar-refractivity contribution in [1.82, 2.24) is 0 Å². The highest BCUT2D eigenvalue weighted by molar-refractivity contribution is 5.87. The molecular weight excluding hydrogens is 352 g/mol. The van der Waals surface area contributed by atoms with Crippen LogP contribution in [-0.2, 0) is 29.6 Å². The number of benzene rings is 1. The van der Waals surface area contributed by atoms with E-state index in [9.17, 15) is 9.59 Å². The minimum Gasteiger partial charge on any atom is -0.450 e. The lowest BCUT2D eigenvalue weighted by Gasteiger charge is -2.36. The van der Waals surface area contributed by atoms with Gasteiger partial charge < -0.3 is 14.6 Å². The summed E-state index contributed by atoms with van der Waals surface area (Å²) in [7, 11) is 0. The summed E-state index contributed by atoms with van der Waals surface area (Å²) in [5.41, 5.74) is 0.145. The van der Waals surface area contributed by atoms with Gasteiger partial charge in [-0.2, -0.15) is 0 Å². The first-order valence-electron chi connectivity index (χ1n) is 8.72. The minimum atomic E-state index is -1.90. The molecule has 0 saturated heterocycles. The molecule has 0 aliphatic heterocycles. The molecule has 0 saturated carbocycles. The predicted octanol–water partition coefficient (Wildman–Crippen LogP) is 4.57. The first kappa shape index (κ1) is 22.7. The van der Waals surface area contributed by atoms with Crippen LogP contribution in [0.3, 0.4) is 0 Å². The summed E-state index contributed by atoms with van der Waals surface area (Å²) in [4.78, 5) is 34.3. The van der Waals surface area contributed by atoms with Gasteiger partial charge in [0, 0.05) is 12.5 Å². The molecule has 7 heteroatoms. The van der Waals surface area contributed by atoms with Crippen molar-refractivity contribution in [2.24, 2.45) is 0 Å².